The minimum Gasteiger partial charge on any atom is -0.143 e. The predicted molar refractivity (Wildman–Crippen MR) is 124 cm³/mol. The topological polar surface area (TPSA) is 0 Å². The van der Waals surface area contributed by atoms with Gasteiger partial charge in [0.1, 0.15) is 0 Å². The summed E-state index contributed by atoms with van der Waals surface area (Å²) in [6.45, 7) is 0. The highest BCUT2D eigenvalue weighted by molar-refractivity contribution is 7.29. The van der Waals surface area contributed by atoms with E-state index >= 15 is 0 Å². The van der Waals surface area contributed by atoms with Gasteiger partial charge in [0.05, 0.1) is 0 Å². The van der Waals surface area contributed by atoms with E-state index in [1.165, 1.54) is 56.0 Å². The Kier molecular flexibility index (Phi) is 2.94. The van der Waals surface area contributed by atoms with Crippen LogP contribution in [0.25, 0.3) is 50.5 Å². The van der Waals surface area contributed by atoms with E-state index in [1.54, 1.807) is 5.56 Å². The smallest absolute Gasteiger partial charge is 0.0492 e. The Hall–Kier alpha value is -1.98. The summed E-state index contributed by atoms with van der Waals surface area (Å²) in [4.78, 5) is 2.87. The van der Waals surface area contributed by atoms with Gasteiger partial charge in [-0.2, -0.15) is 0 Å². The third-order valence-corrected chi connectivity index (χ3v) is 9.96. The van der Waals surface area contributed by atoms with E-state index < -0.39 is 0 Å². The molecule has 2 aromatic carbocycles. The van der Waals surface area contributed by atoms with E-state index in [9.17, 15) is 0 Å². The fraction of sp³-hybridized carbons (Fsp3) is 0.0435. The Bertz CT molecular complexity index is 1470. The van der Waals surface area contributed by atoms with Crippen LogP contribution in [-0.2, 0) is 6.42 Å². The molecule has 6 aromatic rings. The molecular weight excluding hydrogens is 405 g/mol. The van der Waals surface area contributed by atoms with Gasteiger partial charge in [0.2, 0.25) is 0 Å². The maximum Gasteiger partial charge on any atom is 0.0492 e. The summed E-state index contributed by atoms with van der Waals surface area (Å²) < 4.78 is 5.74. The Balaban J connectivity index is 1.40. The molecule has 4 aromatic heterocycles. The summed E-state index contributed by atoms with van der Waals surface area (Å²) in [5.41, 5.74) is 5.83. The Morgan fingerprint density at radius 3 is 2.59 bits per heavy atom. The third-order valence-electron chi connectivity index (χ3n) is 5.49. The van der Waals surface area contributed by atoms with Gasteiger partial charge in [0.25, 0.3) is 0 Å². The second kappa shape index (κ2) is 5.30. The molecule has 4 heteroatoms. The van der Waals surface area contributed by atoms with Gasteiger partial charge in [0, 0.05) is 35.0 Å². The standard InChI is InChI=1S/C23H12S4/c1-2-13(20-11-21-18(26-20)3-5-24-21)7-14-8-15-10-17-22(16(15)9-12(1)14)27-19-4-6-25-23(17)19/h1-9,11H,10H2. The molecule has 27 heavy (non-hydrogen) atoms. The summed E-state index contributed by atoms with van der Waals surface area (Å²) in [6, 6.07) is 18.6. The van der Waals surface area contributed by atoms with Crippen molar-refractivity contribution in [3.05, 3.63) is 70.4 Å². The van der Waals surface area contributed by atoms with Crippen LogP contribution < -0.4 is 0 Å². The fourth-order valence-corrected chi connectivity index (χ4v) is 8.74. The maximum absolute atomic E-state index is 2.43. The van der Waals surface area contributed by atoms with Crippen molar-refractivity contribution < 1.29 is 0 Å². The molecule has 0 amide bonds. The summed E-state index contributed by atoms with van der Waals surface area (Å²) in [7, 11) is 0. The zero-order valence-electron chi connectivity index (χ0n) is 14.1. The van der Waals surface area contributed by atoms with Crippen LogP contribution in [0.4, 0.5) is 0 Å². The largest absolute Gasteiger partial charge is 0.143 e. The van der Waals surface area contributed by atoms with Crippen LogP contribution in [-0.4, -0.2) is 0 Å². The van der Waals surface area contributed by atoms with Crippen molar-refractivity contribution >= 4 is 74.9 Å². The van der Waals surface area contributed by atoms with E-state index in [4.69, 9.17) is 0 Å². The molecule has 1 aliphatic rings. The highest BCUT2D eigenvalue weighted by atomic mass is 32.1. The molecule has 128 valence electrons. The molecule has 7 rings (SSSR count). The number of hydrogen-bond donors (Lipinski definition) is 0. The van der Waals surface area contributed by atoms with Crippen molar-refractivity contribution in [2.45, 2.75) is 6.42 Å². The zero-order chi connectivity index (χ0) is 17.5. The predicted octanol–water partition coefficient (Wildman–Crippen LogP) is 8.63. The van der Waals surface area contributed by atoms with Crippen molar-refractivity contribution in [3.63, 3.8) is 0 Å². The lowest BCUT2D eigenvalue weighted by atomic mass is 10.0. The van der Waals surface area contributed by atoms with Gasteiger partial charge in [-0.15, -0.1) is 45.3 Å². The number of fused-ring (bicyclic) bond motifs is 7. The van der Waals surface area contributed by atoms with E-state index in [0.29, 0.717) is 0 Å². The van der Waals surface area contributed by atoms with E-state index in [2.05, 4.69) is 59.3 Å². The highest BCUT2D eigenvalue weighted by Crippen LogP contribution is 2.49. The molecule has 4 heterocycles. The van der Waals surface area contributed by atoms with Crippen molar-refractivity contribution in [2.75, 3.05) is 0 Å². The molecule has 0 N–H and O–H groups in total. The lowest BCUT2D eigenvalue weighted by Crippen LogP contribution is -1.83. The lowest BCUT2D eigenvalue weighted by Gasteiger charge is -2.06. The molecule has 0 spiro atoms. The molecule has 0 fully saturated rings. The first-order valence-corrected chi connectivity index (χ1v) is 12.3. The maximum atomic E-state index is 2.43. The average Bonchev–Trinajstić information content (AvgIpc) is 3.44. The Morgan fingerprint density at radius 2 is 1.63 bits per heavy atom. The average molecular weight is 417 g/mol. The van der Waals surface area contributed by atoms with Crippen LogP contribution in [0.5, 0.6) is 0 Å². The van der Waals surface area contributed by atoms with Crippen LogP contribution in [0.15, 0.2) is 59.3 Å². The van der Waals surface area contributed by atoms with Gasteiger partial charge in [-0.25, -0.2) is 0 Å². The monoisotopic (exact) mass is 416 g/mol. The molecule has 0 nitrogen and oxygen atoms in total. The molecule has 0 radical (unpaired) electrons. The Labute approximate surface area is 172 Å². The van der Waals surface area contributed by atoms with Crippen molar-refractivity contribution in [1.82, 2.24) is 0 Å². The third kappa shape index (κ3) is 2.07. The van der Waals surface area contributed by atoms with E-state index in [1.807, 2.05) is 45.3 Å². The lowest BCUT2D eigenvalue weighted by molar-refractivity contribution is 1.30. The fourth-order valence-electron chi connectivity index (χ4n) is 4.20. The first kappa shape index (κ1) is 15.0. The van der Waals surface area contributed by atoms with E-state index in [-0.39, 0.29) is 0 Å². The van der Waals surface area contributed by atoms with Crippen LogP contribution >= 0.6 is 45.3 Å². The minimum atomic E-state index is 1.08. The second-order valence-electron chi connectivity index (χ2n) is 7.03. The molecule has 0 bridgehead atoms. The summed E-state index contributed by atoms with van der Waals surface area (Å²) >= 11 is 7.58. The van der Waals surface area contributed by atoms with Gasteiger partial charge >= 0.3 is 0 Å². The normalized spacial score (nSPS) is 13.0. The van der Waals surface area contributed by atoms with Gasteiger partial charge in [0.15, 0.2) is 0 Å². The number of hydrogen-bond acceptors (Lipinski definition) is 4. The van der Waals surface area contributed by atoms with Crippen molar-refractivity contribution in [2.24, 2.45) is 0 Å². The summed E-state index contributed by atoms with van der Waals surface area (Å²) in [5.74, 6) is 0. The molecule has 0 saturated carbocycles. The van der Waals surface area contributed by atoms with Crippen LogP contribution in [0.3, 0.4) is 0 Å². The number of rotatable bonds is 1. The summed E-state index contributed by atoms with van der Waals surface area (Å²) in [6.07, 6.45) is 1.08. The quantitative estimate of drug-likeness (QED) is 0.251. The molecule has 1 aliphatic carbocycles. The first-order valence-electron chi connectivity index (χ1n) is 8.87. The molecule has 0 atom stereocenters. The van der Waals surface area contributed by atoms with Crippen LogP contribution in [0.2, 0.25) is 0 Å². The second-order valence-corrected chi connectivity index (χ2v) is 11.0. The molecular formula is C23H12S4. The van der Waals surface area contributed by atoms with Crippen molar-refractivity contribution in [3.8, 4) is 20.9 Å². The molecule has 0 unspecified atom stereocenters. The van der Waals surface area contributed by atoms with Crippen LogP contribution in [0.1, 0.15) is 11.1 Å². The SMILES string of the molecule is c1cc2sc(-c3ccc4cc5c(cc4c3)Cc3c-5sc4ccsc34)cc2s1. The van der Waals surface area contributed by atoms with Gasteiger partial charge < -0.3 is 0 Å². The van der Waals surface area contributed by atoms with Crippen LogP contribution in [0, 0.1) is 0 Å². The van der Waals surface area contributed by atoms with Gasteiger partial charge in [-0.1, -0.05) is 18.2 Å². The number of benzene rings is 2. The molecule has 0 saturated heterocycles. The highest BCUT2D eigenvalue weighted by Gasteiger charge is 2.24. The molecule has 0 aliphatic heterocycles. The zero-order valence-corrected chi connectivity index (χ0v) is 17.4. The Morgan fingerprint density at radius 1 is 0.704 bits per heavy atom. The van der Waals surface area contributed by atoms with Gasteiger partial charge in [-0.3, -0.25) is 0 Å². The van der Waals surface area contributed by atoms with Gasteiger partial charge in [-0.05, 0) is 74.1 Å². The van der Waals surface area contributed by atoms with E-state index in [0.717, 1.165) is 6.42 Å². The first-order chi connectivity index (χ1) is 13.3. The number of thiophene rings is 4. The van der Waals surface area contributed by atoms with Crippen molar-refractivity contribution in [1.29, 1.82) is 0 Å². The summed E-state index contributed by atoms with van der Waals surface area (Å²) in [5, 5.41) is 7.11. The minimum absolute atomic E-state index is 1.08.